The van der Waals surface area contributed by atoms with Crippen molar-refractivity contribution in [1.29, 1.82) is 0 Å². The Morgan fingerprint density at radius 3 is 2.44 bits per heavy atom. The van der Waals surface area contributed by atoms with E-state index in [-0.39, 0.29) is 24.0 Å². The highest BCUT2D eigenvalue weighted by molar-refractivity contribution is 14.0. The number of hydrogen-bond donors (Lipinski definition) is 2. The minimum Gasteiger partial charge on any atom is -0.475 e. The van der Waals surface area contributed by atoms with Crippen LogP contribution in [0, 0.1) is 0 Å². The zero-order valence-corrected chi connectivity index (χ0v) is 21.5. The molecule has 8 heteroatoms. The average molecular weight is 553 g/mol. The van der Waals surface area contributed by atoms with E-state index in [1.807, 2.05) is 12.1 Å². The van der Waals surface area contributed by atoms with Crippen LogP contribution in [-0.4, -0.2) is 56.3 Å². The molecule has 0 atom stereocenters. The van der Waals surface area contributed by atoms with Gasteiger partial charge in [-0.2, -0.15) is 0 Å². The minimum atomic E-state index is 0. The number of likely N-dealkylation sites (tertiary alicyclic amines) is 1. The fraction of sp³-hybridized carbons (Fsp3) is 0.500. The molecule has 1 fully saturated rings. The SMILES string of the molecule is CN=C(NCc1ccc(CN2CCCCC2)cc1)NCc1cccnc1OCCOC.I. The molecule has 32 heavy (non-hydrogen) atoms. The zero-order chi connectivity index (χ0) is 21.7. The number of benzene rings is 1. The van der Waals surface area contributed by atoms with Crippen LogP contribution in [-0.2, 0) is 24.4 Å². The molecule has 1 aliphatic rings. The third-order valence-corrected chi connectivity index (χ3v) is 5.38. The number of hydrogen-bond acceptors (Lipinski definition) is 5. The summed E-state index contributed by atoms with van der Waals surface area (Å²) in [5.74, 6) is 1.36. The van der Waals surface area contributed by atoms with Gasteiger partial charge in [0.2, 0.25) is 5.88 Å². The van der Waals surface area contributed by atoms with E-state index in [0.29, 0.717) is 32.2 Å². The molecule has 0 saturated carbocycles. The lowest BCUT2D eigenvalue weighted by molar-refractivity contribution is 0.143. The number of nitrogens with zero attached hydrogens (tertiary/aromatic N) is 3. The van der Waals surface area contributed by atoms with Gasteiger partial charge in [0, 0.05) is 45.6 Å². The number of pyridine rings is 1. The van der Waals surface area contributed by atoms with E-state index in [4.69, 9.17) is 9.47 Å². The van der Waals surface area contributed by atoms with E-state index in [0.717, 1.165) is 18.1 Å². The molecule has 0 bridgehead atoms. The van der Waals surface area contributed by atoms with Crippen LogP contribution >= 0.6 is 24.0 Å². The zero-order valence-electron chi connectivity index (χ0n) is 19.2. The summed E-state index contributed by atoms with van der Waals surface area (Å²) >= 11 is 0. The molecule has 2 aromatic rings. The first-order valence-electron chi connectivity index (χ1n) is 11.1. The molecule has 2 heterocycles. The maximum absolute atomic E-state index is 5.70. The van der Waals surface area contributed by atoms with Gasteiger partial charge in [0.05, 0.1) is 6.61 Å². The van der Waals surface area contributed by atoms with Gasteiger partial charge in [-0.15, -0.1) is 24.0 Å². The van der Waals surface area contributed by atoms with Crippen molar-refractivity contribution < 1.29 is 9.47 Å². The van der Waals surface area contributed by atoms with Crippen LogP contribution in [0.15, 0.2) is 47.6 Å². The Morgan fingerprint density at radius 2 is 1.72 bits per heavy atom. The lowest BCUT2D eigenvalue weighted by Crippen LogP contribution is -2.36. The highest BCUT2D eigenvalue weighted by atomic mass is 127. The van der Waals surface area contributed by atoms with Crippen molar-refractivity contribution in [2.45, 2.75) is 38.9 Å². The standard InChI is InChI=1S/C24H35N5O2.HI/c1-25-24(28-18-22-7-6-12-26-23(22)31-16-15-30-2)27-17-20-8-10-21(11-9-20)19-29-13-4-3-5-14-29;/h6-12H,3-5,13-19H2,1-2H3,(H2,25,27,28);1H. The van der Waals surface area contributed by atoms with Crippen LogP contribution in [0.2, 0.25) is 0 Å². The van der Waals surface area contributed by atoms with Gasteiger partial charge < -0.3 is 20.1 Å². The van der Waals surface area contributed by atoms with E-state index in [1.165, 1.54) is 43.5 Å². The Bertz CT molecular complexity index is 810. The first-order valence-corrected chi connectivity index (χ1v) is 11.1. The third-order valence-electron chi connectivity index (χ3n) is 5.38. The van der Waals surface area contributed by atoms with Crippen molar-refractivity contribution in [3.05, 3.63) is 59.3 Å². The second kappa shape index (κ2) is 15.0. The van der Waals surface area contributed by atoms with Crippen molar-refractivity contribution in [3.8, 4) is 5.88 Å². The summed E-state index contributed by atoms with van der Waals surface area (Å²) in [7, 11) is 3.43. The van der Waals surface area contributed by atoms with Crippen molar-refractivity contribution in [2.75, 3.05) is 40.5 Å². The summed E-state index contributed by atoms with van der Waals surface area (Å²) in [6.45, 7) is 5.79. The van der Waals surface area contributed by atoms with Gasteiger partial charge in [-0.1, -0.05) is 36.8 Å². The summed E-state index contributed by atoms with van der Waals surface area (Å²) in [6.07, 6.45) is 5.76. The number of methoxy groups -OCH3 is 1. The number of nitrogens with one attached hydrogen (secondary N) is 2. The summed E-state index contributed by atoms with van der Waals surface area (Å²) in [5, 5.41) is 6.71. The molecule has 7 nitrogen and oxygen atoms in total. The Kier molecular flexibility index (Phi) is 12.4. The number of aromatic nitrogens is 1. The predicted molar refractivity (Wildman–Crippen MR) is 140 cm³/mol. The van der Waals surface area contributed by atoms with Crippen LogP contribution in [0.25, 0.3) is 0 Å². The molecule has 0 aliphatic carbocycles. The second-order valence-corrected chi connectivity index (χ2v) is 7.74. The van der Waals surface area contributed by atoms with Crippen LogP contribution in [0.4, 0.5) is 0 Å². The maximum atomic E-state index is 5.70. The van der Waals surface area contributed by atoms with Gasteiger partial charge in [-0.25, -0.2) is 4.98 Å². The van der Waals surface area contributed by atoms with E-state index in [1.54, 1.807) is 20.4 Å². The average Bonchev–Trinajstić information content (AvgIpc) is 2.82. The Balaban J connectivity index is 0.00000363. The number of guanidine groups is 1. The largest absolute Gasteiger partial charge is 0.475 e. The second-order valence-electron chi connectivity index (χ2n) is 7.74. The number of halogens is 1. The lowest BCUT2D eigenvalue weighted by atomic mass is 10.1. The maximum Gasteiger partial charge on any atom is 0.218 e. The van der Waals surface area contributed by atoms with Gasteiger partial charge in [0.15, 0.2) is 5.96 Å². The molecule has 1 aliphatic heterocycles. The molecular formula is C24H36IN5O2. The highest BCUT2D eigenvalue weighted by Gasteiger charge is 2.10. The molecule has 1 aromatic carbocycles. The number of ether oxygens (including phenoxy) is 2. The Labute approximate surface area is 209 Å². The normalized spacial score (nSPS) is 14.5. The molecule has 0 unspecified atom stereocenters. The van der Waals surface area contributed by atoms with Gasteiger partial charge in [0.25, 0.3) is 0 Å². The summed E-state index contributed by atoms with van der Waals surface area (Å²) in [5.41, 5.74) is 3.59. The van der Waals surface area contributed by atoms with Gasteiger partial charge in [-0.3, -0.25) is 9.89 Å². The quantitative estimate of drug-likeness (QED) is 0.203. The van der Waals surface area contributed by atoms with Gasteiger partial charge in [-0.05, 0) is 43.1 Å². The van der Waals surface area contributed by atoms with E-state index >= 15 is 0 Å². The molecule has 2 N–H and O–H groups in total. The Hall–Kier alpha value is -1.91. The first kappa shape index (κ1) is 26.3. The lowest BCUT2D eigenvalue weighted by Gasteiger charge is -2.26. The Morgan fingerprint density at radius 1 is 1.00 bits per heavy atom. The third kappa shape index (κ3) is 8.91. The molecule has 3 rings (SSSR count). The van der Waals surface area contributed by atoms with Crippen LogP contribution < -0.4 is 15.4 Å². The molecule has 0 amide bonds. The van der Waals surface area contributed by atoms with Crippen LogP contribution in [0.5, 0.6) is 5.88 Å². The van der Waals surface area contributed by atoms with Crippen LogP contribution in [0.1, 0.15) is 36.0 Å². The number of aliphatic imine (C=N–C) groups is 1. The monoisotopic (exact) mass is 553 g/mol. The minimum absolute atomic E-state index is 0. The van der Waals surface area contributed by atoms with Crippen molar-refractivity contribution >= 4 is 29.9 Å². The number of piperidine rings is 1. The summed E-state index contributed by atoms with van der Waals surface area (Å²) in [6, 6.07) is 12.8. The topological polar surface area (TPSA) is 71.0 Å². The molecule has 0 spiro atoms. The fourth-order valence-electron chi connectivity index (χ4n) is 3.63. The van der Waals surface area contributed by atoms with Crippen molar-refractivity contribution in [1.82, 2.24) is 20.5 Å². The molecule has 176 valence electrons. The number of rotatable bonds is 10. The van der Waals surface area contributed by atoms with E-state index in [2.05, 4.69) is 49.8 Å². The van der Waals surface area contributed by atoms with Gasteiger partial charge >= 0.3 is 0 Å². The predicted octanol–water partition coefficient (Wildman–Crippen LogP) is 3.58. The van der Waals surface area contributed by atoms with E-state index < -0.39 is 0 Å². The first-order chi connectivity index (χ1) is 15.3. The summed E-state index contributed by atoms with van der Waals surface area (Å²) < 4.78 is 10.7. The van der Waals surface area contributed by atoms with E-state index in [9.17, 15) is 0 Å². The van der Waals surface area contributed by atoms with Crippen LogP contribution in [0.3, 0.4) is 0 Å². The fourth-order valence-corrected chi connectivity index (χ4v) is 3.63. The highest BCUT2D eigenvalue weighted by Crippen LogP contribution is 2.15. The molecule has 0 radical (unpaired) electrons. The smallest absolute Gasteiger partial charge is 0.218 e. The molecule has 1 saturated heterocycles. The molecular weight excluding hydrogens is 517 g/mol. The molecule has 1 aromatic heterocycles. The van der Waals surface area contributed by atoms with Crippen molar-refractivity contribution in [2.24, 2.45) is 4.99 Å². The summed E-state index contributed by atoms with van der Waals surface area (Å²) in [4.78, 5) is 11.2. The van der Waals surface area contributed by atoms with Gasteiger partial charge in [0.1, 0.15) is 6.61 Å². The van der Waals surface area contributed by atoms with Crippen molar-refractivity contribution in [3.63, 3.8) is 0 Å².